The third-order valence-corrected chi connectivity index (χ3v) is 4.20. The third kappa shape index (κ3) is 2.32. The minimum absolute atomic E-state index is 0.00741. The summed E-state index contributed by atoms with van der Waals surface area (Å²) >= 11 is 1.18. The summed E-state index contributed by atoms with van der Waals surface area (Å²) in [6, 6.07) is 8.02. The zero-order chi connectivity index (χ0) is 13.9. The van der Waals surface area contributed by atoms with Gasteiger partial charge in [-0.3, -0.25) is 4.79 Å². The van der Waals surface area contributed by atoms with Gasteiger partial charge in [-0.05, 0) is 29.6 Å². The average Bonchev–Trinajstić information content (AvgIpc) is 2.86. The van der Waals surface area contributed by atoms with Gasteiger partial charge in [-0.1, -0.05) is 29.6 Å². The lowest BCUT2D eigenvalue weighted by Crippen LogP contribution is -2.34. The van der Waals surface area contributed by atoms with Crippen molar-refractivity contribution in [1.82, 2.24) is 14.9 Å². The molecule has 1 aromatic heterocycles. The number of amides is 1. The second-order valence-corrected chi connectivity index (χ2v) is 5.42. The van der Waals surface area contributed by atoms with E-state index < -0.39 is 0 Å². The Morgan fingerprint density at radius 1 is 1.45 bits per heavy atom. The number of hydrogen-bond acceptors (Lipinski definition) is 5. The summed E-state index contributed by atoms with van der Waals surface area (Å²) in [6.45, 7) is 4.23. The SMILES string of the molecule is CCc1nnsc1C(=O)N1CCNCc2ccccc21. The number of benzene rings is 1. The normalized spacial score (nSPS) is 14.8. The molecule has 104 valence electrons. The average molecular weight is 288 g/mol. The van der Waals surface area contributed by atoms with E-state index >= 15 is 0 Å². The first-order valence-corrected chi connectivity index (χ1v) is 7.50. The number of carbonyl (C=O) groups is 1. The first kappa shape index (κ1) is 13.2. The zero-order valence-electron chi connectivity index (χ0n) is 11.3. The van der Waals surface area contributed by atoms with Crippen molar-refractivity contribution in [2.75, 3.05) is 18.0 Å². The molecule has 3 rings (SSSR count). The fraction of sp³-hybridized carbons (Fsp3) is 0.357. The quantitative estimate of drug-likeness (QED) is 0.916. The third-order valence-electron chi connectivity index (χ3n) is 3.44. The minimum Gasteiger partial charge on any atom is -0.311 e. The topological polar surface area (TPSA) is 58.1 Å². The molecule has 1 aromatic carbocycles. The Kier molecular flexibility index (Phi) is 3.75. The van der Waals surface area contributed by atoms with Gasteiger partial charge in [-0.15, -0.1) is 5.10 Å². The molecule has 0 atom stereocenters. The molecule has 1 aliphatic rings. The van der Waals surface area contributed by atoms with Gasteiger partial charge < -0.3 is 10.2 Å². The molecular weight excluding hydrogens is 272 g/mol. The van der Waals surface area contributed by atoms with Crippen molar-refractivity contribution in [3.05, 3.63) is 40.4 Å². The van der Waals surface area contributed by atoms with Gasteiger partial charge in [0.2, 0.25) is 0 Å². The summed E-state index contributed by atoms with van der Waals surface area (Å²) < 4.78 is 3.92. The fourth-order valence-electron chi connectivity index (χ4n) is 2.39. The number of nitrogens with one attached hydrogen (secondary N) is 1. The second kappa shape index (κ2) is 5.68. The monoisotopic (exact) mass is 288 g/mol. The summed E-state index contributed by atoms with van der Waals surface area (Å²) in [5.74, 6) is 0.00741. The van der Waals surface area contributed by atoms with Gasteiger partial charge in [0.1, 0.15) is 4.88 Å². The Balaban J connectivity index is 1.99. The van der Waals surface area contributed by atoms with Crippen LogP contribution in [0.5, 0.6) is 0 Å². The van der Waals surface area contributed by atoms with Gasteiger partial charge >= 0.3 is 0 Å². The number of fused-ring (bicyclic) bond motifs is 1. The maximum absolute atomic E-state index is 12.8. The Morgan fingerprint density at radius 2 is 2.30 bits per heavy atom. The number of hydrogen-bond donors (Lipinski definition) is 1. The van der Waals surface area contributed by atoms with E-state index in [1.807, 2.05) is 30.0 Å². The van der Waals surface area contributed by atoms with Crippen LogP contribution in [0, 0.1) is 0 Å². The Morgan fingerprint density at radius 3 is 3.15 bits per heavy atom. The molecular formula is C14H16N4OS. The van der Waals surface area contributed by atoms with Gasteiger partial charge in [0, 0.05) is 25.3 Å². The number of carbonyl (C=O) groups excluding carboxylic acids is 1. The Labute approximate surface area is 121 Å². The Hall–Kier alpha value is -1.79. The molecule has 20 heavy (non-hydrogen) atoms. The molecule has 0 fully saturated rings. The van der Waals surface area contributed by atoms with Gasteiger partial charge in [0.15, 0.2) is 0 Å². The van der Waals surface area contributed by atoms with Crippen molar-refractivity contribution in [1.29, 1.82) is 0 Å². The van der Waals surface area contributed by atoms with E-state index in [0.29, 0.717) is 11.4 Å². The molecule has 0 saturated heterocycles. The number of para-hydroxylation sites is 1. The summed E-state index contributed by atoms with van der Waals surface area (Å²) in [4.78, 5) is 15.3. The molecule has 1 N–H and O–H groups in total. The van der Waals surface area contributed by atoms with Crippen molar-refractivity contribution >= 4 is 23.1 Å². The molecule has 0 saturated carbocycles. The van der Waals surface area contributed by atoms with Gasteiger partial charge in [-0.2, -0.15) is 0 Å². The lowest BCUT2D eigenvalue weighted by atomic mass is 10.1. The molecule has 5 nitrogen and oxygen atoms in total. The highest BCUT2D eigenvalue weighted by atomic mass is 32.1. The highest BCUT2D eigenvalue weighted by Crippen LogP contribution is 2.25. The molecule has 2 aromatic rings. The van der Waals surface area contributed by atoms with Crippen molar-refractivity contribution in [2.45, 2.75) is 19.9 Å². The van der Waals surface area contributed by atoms with E-state index in [1.54, 1.807) is 0 Å². The number of anilines is 1. The van der Waals surface area contributed by atoms with Crippen molar-refractivity contribution in [3.8, 4) is 0 Å². The second-order valence-electron chi connectivity index (χ2n) is 4.66. The molecule has 6 heteroatoms. The smallest absolute Gasteiger partial charge is 0.271 e. The van der Waals surface area contributed by atoms with Crippen LogP contribution in [0.2, 0.25) is 0 Å². The minimum atomic E-state index is 0.00741. The maximum Gasteiger partial charge on any atom is 0.271 e. The lowest BCUT2D eigenvalue weighted by Gasteiger charge is -2.21. The van der Waals surface area contributed by atoms with Crippen molar-refractivity contribution in [3.63, 3.8) is 0 Å². The van der Waals surface area contributed by atoms with Crippen LogP contribution in [-0.2, 0) is 13.0 Å². The predicted octanol–water partition coefficient (Wildman–Crippen LogP) is 1.85. The number of aryl methyl sites for hydroxylation is 1. The van der Waals surface area contributed by atoms with Crippen LogP contribution in [0.3, 0.4) is 0 Å². The molecule has 2 heterocycles. The molecule has 1 amide bonds. The molecule has 0 spiro atoms. The molecule has 0 unspecified atom stereocenters. The number of rotatable bonds is 2. The molecule has 1 aliphatic heterocycles. The van der Waals surface area contributed by atoms with Crippen molar-refractivity contribution < 1.29 is 4.79 Å². The largest absolute Gasteiger partial charge is 0.311 e. The highest BCUT2D eigenvalue weighted by Gasteiger charge is 2.25. The zero-order valence-corrected chi connectivity index (χ0v) is 12.1. The number of nitrogens with zero attached hydrogens (tertiary/aromatic N) is 3. The first-order valence-electron chi connectivity index (χ1n) is 6.73. The van der Waals surface area contributed by atoms with E-state index in [9.17, 15) is 4.79 Å². The van der Waals surface area contributed by atoms with Gasteiger partial charge in [-0.25, -0.2) is 0 Å². The first-order chi connectivity index (χ1) is 9.81. The highest BCUT2D eigenvalue weighted by molar-refractivity contribution is 7.08. The van der Waals surface area contributed by atoms with Crippen molar-refractivity contribution in [2.24, 2.45) is 0 Å². The van der Waals surface area contributed by atoms with Crippen LogP contribution in [0.25, 0.3) is 0 Å². The van der Waals surface area contributed by atoms with Gasteiger partial charge in [0.25, 0.3) is 5.91 Å². The predicted molar refractivity (Wildman–Crippen MR) is 79.1 cm³/mol. The molecule has 0 radical (unpaired) electrons. The van der Waals surface area contributed by atoms with E-state index in [1.165, 1.54) is 11.5 Å². The van der Waals surface area contributed by atoms with Crippen LogP contribution in [0.1, 0.15) is 27.9 Å². The number of aromatic nitrogens is 2. The lowest BCUT2D eigenvalue weighted by molar-refractivity contribution is 0.0990. The summed E-state index contributed by atoms with van der Waals surface area (Å²) in [5.41, 5.74) is 2.92. The Bertz CT molecular complexity index is 625. The van der Waals surface area contributed by atoms with E-state index in [2.05, 4.69) is 21.0 Å². The summed E-state index contributed by atoms with van der Waals surface area (Å²) in [6.07, 6.45) is 0.727. The fourth-order valence-corrected chi connectivity index (χ4v) is 3.09. The van der Waals surface area contributed by atoms with E-state index in [4.69, 9.17) is 0 Å². The summed E-state index contributed by atoms with van der Waals surface area (Å²) in [7, 11) is 0. The standard InChI is InChI=1S/C14H16N4OS/c1-2-11-13(20-17-16-11)14(19)18-8-7-15-9-10-5-3-4-6-12(10)18/h3-6,15H,2,7-9H2,1H3. The van der Waals surface area contributed by atoms with Crippen LogP contribution in [0.15, 0.2) is 24.3 Å². The van der Waals surface area contributed by atoms with E-state index in [0.717, 1.165) is 36.5 Å². The summed E-state index contributed by atoms with van der Waals surface area (Å²) in [5, 5.41) is 7.38. The van der Waals surface area contributed by atoms with Crippen LogP contribution in [-0.4, -0.2) is 28.6 Å². The maximum atomic E-state index is 12.8. The van der Waals surface area contributed by atoms with Gasteiger partial charge in [0.05, 0.1) is 5.69 Å². The van der Waals surface area contributed by atoms with Crippen LogP contribution < -0.4 is 10.2 Å². The van der Waals surface area contributed by atoms with Crippen LogP contribution >= 0.6 is 11.5 Å². The molecule has 0 bridgehead atoms. The van der Waals surface area contributed by atoms with E-state index in [-0.39, 0.29) is 5.91 Å². The van der Waals surface area contributed by atoms with Crippen LogP contribution in [0.4, 0.5) is 5.69 Å². The molecule has 0 aliphatic carbocycles.